The maximum atomic E-state index is 12.8. The van der Waals surface area contributed by atoms with Crippen LogP contribution in [0.4, 0.5) is 4.79 Å². The van der Waals surface area contributed by atoms with Gasteiger partial charge in [-0.3, -0.25) is 9.78 Å². The summed E-state index contributed by atoms with van der Waals surface area (Å²) in [5.74, 6) is 0.299. The number of ether oxygens (including phenoxy) is 1. The van der Waals surface area contributed by atoms with E-state index in [0.29, 0.717) is 24.6 Å². The summed E-state index contributed by atoms with van der Waals surface area (Å²) in [6.45, 7) is 8.91. The Morgan fingerprint density at radius 2 is 1.81 bits per heavy atom. The van der Waals surface area contributed by atoms with Crippen molar-refractivity contribution in [3.8, 4) is 0 Å². The minimum Gasteiger partial charge on any atom is -0.444 e. The molecule has 2 amide bonds. The number of nitrogens with zero attached hydrogens (tertiary/aromatic N) is 2. The number of benzene rings is 1. The number of pyridine rings is 1. The van der Waals surface area contributed by atoms with E-state index in [0.717, 1.165) is 30.5 Å². The van der Waals surface area contributed by atoms with Crippen molar-refractivity contribution in [2.24, 2.45) is 5.92 Å². The van der Waals surface area contributed by atoms with Crippen LogP contribution < -0.4 is 5.32 Å². The SMILES string of the molecule is Cc1ccc(C(=O)NC(CC2CCN(C(=O)OC(C)(C)C)CC2)c2ccccc2)cn1. The molecule has 6 nitrogen and oxygen atoms in total. The van der Waals surface area contributed by atoms with Gasteiger partial charge in [0.25, 0.3) is 5.91 Å². The number of nitrogens with one attached hydrogen (secondary N) is 1. The normalized spacial score (nSPS) is 15.9. The molecule has 1 atom stereocenters. The monoisotopic (exact) mass is 423 g/mol. The first-order valence-electron chi connectivity index (χ1n) is 11.0. The molecule has 0 saturated carbocycles. The number of hydrogen-bond acceptors (Lipinski definition) is 4. The summed E-state index contributed by atoms with van der Waals surface area (Å²) in [4.78, 5) is 31.2. The van der Waals surface area contributed by atoms with Crippen LogP contribution in [0.1, 0.15) is 67.7 Å². The van der Waals surface area contributed by atoms with Crippen molar-refractivity contribution in [1.29, 1.82) is 0 Å². The lowest BCUT2D eigenvalue weighted by Crippen LogP contribution is -2.42. The third-order valence-electron chi connectivity index (χ3n) is 5.52. The van der Waals surface area contributed by atoms with Crippen LogP contribution in [-0.2, 0) is 4.74 Å². The van der Waals surface area contributed by atoms with Crippen LogP contribution in [0.25, 0.3) is 0 Å². The quantitative estimate of drug-likeness (QED) is 0.743. The average molecular weight is 424 g/mol. The van der Waals surface area contributed by atoms with Crippen LogP contribution in [0.5, 0.6) is 0 Å². The van der Waals surface area contributed by atoms with E-state index in [1.165, 1.54) is 0 Å². The summed E-state index contributed by atoms with van der Waals surface area (Å²) in [6, 6.07) is 13.6. The van der Waals surface area contributed by atoms with E-state index in [-0.39, 0.29) is 18.0 Å². The molecule has 0 spiro atoms. The predicted molar refractivity (Wildman–Crippen MR) is 121 cm³/mol. The number of aromatic nitrogens is 1. The molecular weight excluding hydrogens is 390 g/mol. The van der Waals surface area contributed by atoms with Gasteiger partial charge in [-0.25, -0.2) is 4.79 Å². The highest BCUT2D eigenvalue weighted by Gasteiger charge is 2.29. The van der Waals surface area contributed by atoms with Crippen molar-refractivity contribution >= 4 is 12.0 Å². The molecule has 1 unspecified atom stereocenters. The van der Waals surface area contributed by atoms with Gasteiger partial charge in [0.2, 0.25) is 0 Å². The van der Waals surface area contributed by atoms with Gasteiger partial charge in [0.05, 0.1) is 11.6 Å². The zero-order valence-electron chi connectivity index (χ0n) is 18.9. The Morgan fingerprint density at radius 1 is 1.13 bits per heavy atom. The van der Waals surface area contributed by atoms with Crippen molar-refractivity contribution in [3.63, 3.8) is 0 Å². The first-order chi connectivity index (χ1) is 14.7. The molecule has 31 heavy (non-hydrogen) atoms. The van der Waals surface area contributed by atoms with Gasteiger partial charge in [-0.2, -0.15) is 0 Å². The summed E-state index contributed by atoms with van der Waals surface area (Å²) in [7, 11) is 0. The maximum absolute atomic E-state index is 12.8. The molecule has 0 aliphatic carbocycles. The minimum atomic E-state index is -0.485. The van der Waals surface area contributed by atoms with Crippen LogP contribution in [-0.4, -0.2) is 40.6 Å². The van der Waals surface area contributed by atoms with Crippen LogP contribution in [0, 0.1) is 12.8 Å². The molecule has 3 rings (SSSR count). The molecule has 1 aromatic heterocycles. The van der Waals surface area contributed by atoms with Crippen LogP contribution >= 0.6 is 0 Å². The minimum absolute atomic E-state index is 0.0897. The number of carbonyl (C=O) groups excluding carboxylic acids is 2. The predicted octanol–water partition coefficient (Wildman–Crippen LogP) is 4.90. The van der Waals surface area contributed by atoms with Crippen molar-refractivity contribution in [1.82, 2.24) is 15.2 Å². The van der Waals surface area contributed by atoms with Crippen LogP contribution in [0.15, 0.2) is 48.7 Å². The molecule has 1 aliphatic heterocycles. The van der Waals surface area contributed by atoms with Gasteiger partial charge in [-0.1, -0.05) is 30.3 Å². The van der Waals surface area contributed by atoms with Gasteiger partial charge >= 0.3 is 6.09 Å². The van der Waals surface area contributed by atoms with E-state index in [1.807, 2.05) is 64.1 Å². The number of amides is 2. The van der Waals surface area contributed by atoms with Gasteiger partial charge in [0.1, 0.15) is 5.60 Å². The lowest BCUT2D eigenvalue weighted by molar-refractivity contribution is 0.0178. The summed E-state index contributed by atoms with van der Waals surface area (Å²) < 4.78 is 5.50. The second-order valence-electron chi connectivity index (χ2n) is 9.27. The molecule has 0 radical (unpaired) electrons. The van der Waals surface area contributed by atoms with Crippen LogP contribution in [0.3, 0.4) is 0 Å². The lowest BCUT2D eigenvalue weighted by Gasteiger charge is -2.35. The number of piperidine rings is 1. The molecule has 6 heteroatoms. The highest BCUT2D eigenvalue weighted by molar-refractivity contribution is 5.94. The van der Waals surface area contributed by atoms with Crippen molar-refractivity contribution < 1.29 is 14.3 Å². The second-order valence-corrected chi connectivity index (χ2v) is 9.27. The van der Waals surface area contributed by atoms with E-state index in [9.17, 15) is 9.59 Å². The van der Waals surface area contributed by atoms with E-state index in [4.69, 9.17) is 4.74 Å². The van der Waals surface area contributed by atoms with Gasteiger partial charge in [-0.05, 0) is 70.6 Å². The third kappa shape index (κ3) is 6.81. The van der Waals surface area contributed by atoms with Gasteiger partial charge < -0.3 is 15.0 Å². The van der Waals surface area contributed by atoms with Crippen molar-refractivity contribution in [3.05, 3.63) is 65.5 Å². The molecular formula is C25H33N3O3. The Balaban J connectivity index is 1.63. The molecule has 2 heterocycles. The van der Waals surface area contributed by atoms with E-state index in [2.05, 4.69) is 10.3 Å². The van der Waals surface area contributed by atoms with E-state index >= 15 is 0 Å². The molecule has 2 aromatic rings. The number of carbonyl (C=O) groups is 2. The standard InChI is InChI=1S/C25H33N3O3/c1-18-10-11-21(17-26-18)23(29)27-22(20-8-6-5-7-9-20)16-19-12-14-28(15-13-19)24(30)31-25(2,3)4/h5-11,17,19,22H,12-16H2,1-4H3,(H,27,29). The van der Waals surface area contributed by atoms with Crippen LogP contribution in [0.2, 0.25) is 0 Å². The maximum Gasteiger partial charge on any atom is 0.410 e. The lowest BCUT2D eigenvalue weighted by atomic mass is 9.87. The van der Waals surface area contributed by atoms with Gasteiger partial charge in [0, 0.05) is 25.0 Å². The fraction of sp³-hybridized carbons (Fsp3) is 0.480. The Bertz CT molecular complexity index is 867. The van der Waals surface area contributed by atoms with Gasteiger partial charge in [0.15, 0.2) is 0 Å². The van der Waals surface area contributed by atoms with Crippen molar-refractivity contribution in [2.45, 2.75) is 58.6 Å². The third-order valence-corrected chi connectivity index (χ3v) is 5.52. The summed E-state index contributed by atoms with van der Waals surface area (Å²) in [5, 5.41) is 3.20. The van der Waals surface area contributed by atoms with Crippen molar-refractivity contribution in [2.75, 3.05) is 13.1 Å². The number of hydrogen-bond donors (Lipinski definition) is 1. The summed E-state index contributed by atoms with van der Waals surface area (Å²) in [6.07, 6.45) is 3.99. The molecule has 166 valence electrons. The molecule has 0 bridgehead atoms. The molecule has 1 aromatic carbocycles. The summed E-state index contributed by atoms with van der Waals surface area (Å²) in [5.41, 5.74) is 2.05. The molecule has 1 saturated heterocycles. The molecule has 1 N–H and O–H groups in total. The second kappa shape index (κ2) is 9.94. The zero-order valence-corrected chi connectivity index (χ0v) is 18.9. The summed E-state index contributed by atoms with van der Waals surface area (Å²) >= 11 is 0. The first-order valence-corrected chi connectivity index (χ1v) is 11.0. The Morgan fingerprint density at radius 3 is 2.39 bits per heavy atom. The fourth-order valence-corrected chi connectivity index (χ4v) is 3.82. The largest absolute Gasteiger partial charge is 0.444 e. The smallest absolute Gasteiger partial charge is 0.410 e. The number of likely N-dealkylation sites (tertiary alicyclic amines) is 1. The molecule has 1 fully saturated rings. The average Bonchev–Trinajstić information content (AvgIpc) is 2.73. The Kier molecular flexibility index (Phi) is 7.31. The number of aryl methyl sites for hydroxylation is 1. The topological polar surface area (TPSA) is 71.5 Å². The first kappa shape index (κ1) is 22.8. The van der Waals surface area contributed by atoms with E-state index in [1.54, 1.807) is 17.2 Å². The Hall–Kier alpha value is -2.89. The number of rotatable bonds is 5. The fourth-order valence-electron chi connectivity index (χ4n) is 3.82. The highest BCUT2D eigenvalue weighted by atomic mass is 16.6. The molecule has 1 aliphatic rings. The zero-order chi connectivity index (χ0) is 22.4. The van der Waals surface area contributed by atoms with E-state index < -0.39 is 5.60 Å². The van der Waals surface area contributed by atoms with Gasteiger partial charge in [-0.15, -0.1) is 0 Å². The highest BCUT2D eigenvalue weighted by Crippen LogP contribution is 2.29. The Labute approximate surface area is 185 Å².